The Morgan fingerprint density at radius 3 is 3.06 bits per heavy atom. The Bertz CT molecular complexity index is 386. The average Bonchev–Trinajstić information content (AvgIpc) is 2.73. The second kappa shape index (κ2) is 6.17. The first-order valence-corrected chi connectivity index (χ1v) is 7.42. The van der Waals surface area contributed by atoms with E-state index in [9.17, 15) is 4.39 Å². The number of benzene rings is 1. The Morgan fingerprint density at radius 1 is 1.47 bits per heavy atom. The molecule has 1 saturated heterocycles. The van der Waals surface area contributed by atoms with Crippen LogP contribution in [0.25, 0.3) is 0 Å². The van der Waals surface area contributed by atoms with Crippen molar-refractivity contribution in [3.8, 4) is 0 Å². The van der Waals surface area contributed by atoms with E-state index < -0.39 is 0 Å². The van der Waals surface area contributed by atoms with Gasteiger partial charge in [0.1, 0.15) is 5.82 Å². The van der Waals surface area contributed by atoms with Crippen molar-refractivity contribution in [2.45, 2.75) is 19.4 Å². The molecule has 1 unspecified atom stereocenters. The minimum absolute atomic E-state index is 0.221. The zero-order valence-electron chi connectivity index (χ0n) is 9.63. The molecule has 0 radical (unpaired) electrons. The smallest absolute Gasteiger partial charge is 0.146 e. The quantitative estimate of drug-likeness (QED) is 0.755. The van der Waals surface area contributed by atoms with Crippen molar-refractivity contribution in [3.05, 3.63) is 34.6 Å². The van der Waals surface area contributed by atoms with Crippen LogP contribution in [0.3, 0.4) is 0 Å². The van der Waals surface area contributed by atoms with Gasteiger partial charge in [0.25, 0.3) is 0 Å². The highest BCUT2D eigenvalue weighted by Gasteiger charge is 2.22. The minimum Gasteiger partial charge on any atom is -0.299 e. The molecule has 17 heavy (non-hydrogen) atoms. The number of nitrogens with zero attached hydrogens (tertiary/aromatic N) is 1. The molecule has 0 saturated carbocycles. The summed E-state index contributed by atoms with van der Waals surface area (Å²) in [7, 11) is 0. The fourth-order valence-electron chi connectivity index (χ4n) is 2.36. The van der Waals surface area contributed by atoms with Crippen molar-refractivity contribution < 1.29 is 4.39 Å². The van der Waals surface area contributed by atoms with Crippen LogP contribution in [-0.2, 0) is 6.54 Å². The van der Waals surface area contributed by atoms with Crippen LogP contribution in [0, 0.1) is 11.7 Å². The van der Waals surface area contributed by atoms with Gasteiger partial charge in [-0.25, -0.2) is 4.39 Å². The third kappa shape index (κ3) is 3.43. The summed E-state index contributed by atoms with van der Waals surface area (Å²) in [5, 5.41) is 1.27. The second-order valence-electron chi connectivity index (χ2n) is 4.58. The van der Waals surface area contributed by atoms with Gasteiger partial charge < -0.3 is 0 Å². The van der Waals surface area contributed by atoms with Gasteiger partial charge in [-0.05, 0) is 31.4 Å². The Hall–Kier alpha value is -0.120. The first-order chi connectivity index (χ1) is 8.20. The van der Waals surface area contributed by atoms with Gasteiger partial charge >= 0.3 is 0 Å². The molecule has 0 spiro atoms. The molecule has 1 atom stereocenters. The van der Waals surface area contributed by atoms with Gasteiger partial charge in [0.15, 0.2) is 0 Å². The highest BCUT2D eigenvalue weighted by Crippen LogP contribution is 2.24. The Labute approximate surface area is 115 Å². The predicted octanol–water partition coefficient (Wildman–Crippen LogP) is 4.09. The van der Waals surface area contributed by atoms with Crippen LogP contribution in [0.5, 0.6) is 0 Å². The lowest BCUT2D eigenvalue weighted by atomic mass is 10.1. The van der Waals surface area contributed by atoms with E-state index in [2.05, 4.69) is 20.8 Å². The standard InChI is InChI=1S/C13H16BrClFN/c14-6-4-10-5-7-17(8-10)9-11-2-1-3-12(15)13(11)16/h1-3,10H,4-9H2. The van der Waals surface area contributed by atoms with E-state index in [1.54, 1.807) is 6.07 Å². The Balaban J connectivity index is 1.96. The summed E-state index contributed by atoms with van der Waals surface area (Å²) in [5.41, 5.74) is 0.706. The highest BCUT2D eigenvalue weighted by molar-refractivity contribution is 9.09. The average molecular weight is 321 g/mol. The van der Waals surface area contributed by atoms with E-state index in [0.717, 1.165) is 24.3 Å². The summed E-state index contributed by atoms with van der Waals surface area (Å²) in [6.45, 7) is 2.80. The van der Waals surface area contributed by atoms with Crippen LogP contribution < -0.4 is 0 Å². The molecule has 0 aromatic heterocycles. The third-order valence-electron chi connectivity index (χ3n) is 3.31. The zero-order valence-corrected chi connectivity index (χ0v) is 12.0. The maximum absolute atomic E-state index is 13.7. The second-order valence-corrected chi connectivity index (χ2v) is 5.78. The summed E-state index contributed by atoms with van der Waals surface area (Å²) < 4.78 is 13.7. The van der Waals surface area contributed by atoms with E-state index >= 15 is 0 Å². The number of hydrogen-bond donors (Lipinski definition) is 0. The molecule has 1 heterocycles. The minimum atomic E-state index is -0.266. The van der Waals surface area contributed by atoms with Crippen LogP contribution in [0.1, 0.15) is 18.4 Å². The van der Waals surface area contributed by atoms with E-state index in [4.69, 9.17) is 11.6 Å². The Morgan fingerprint density at radius 2 is 2.29 bits per heavy atom. The molecule has 1 aliphatic heterocycles. The van der Waals surface area contributed by atoms with Gasteiger partial charge in [0, 0.05) is 24.0 Å². The molecule has 94 valence electrons. The van der Waals surface area contributed by atoms with Gasteiger partial charge in [0.2, 0.25) is 0 Å². The van der Waals surface area contributed by atoms with Crippen LogP contribution >= 0.6 is 27.5 Å². The lowest BCUT2D eigenvalue weighted by molar-refractivity contribution is 0.310. The molecule has 0 aliphatic carbocycles. The van der Waals surface area contributed by atoms with Crippen molar-refractivity contribution in [1.29, 1.82) is 0 Å². The molecule has 0 N–H and O–H groups in total. The maximum atomic E-state index is 13.7. The van der Waals surface area contributed by atoms with Gasteiger partial charge in [-0.15, -0.1) is 0 Å². The van der Waals surface area contributed by atoms with Crippen molar-refractivity contribution in [3.63, 3.8) is 0 Å². The van der Waals surface area contributed by atoms with E-state index in [1.165, 1.54) is 12.8 Å². The summed E-state index contributed by atoms with van der Waals surface area (Å²) in [6, 6.07) is 5.23. The monoisotopic (exact) mass is 319 g/mol. The molecular formula is C13H16BrClFN. The third-order valence-corrected chi connectivity index (χ3v) is 4.06. The number of halogens is 3. The number of likely N-dealkylation sites (tertiary alicyclic amines) is 1. The molecule has 0 amide bonds. The fraction of sp³-hybridized carbons (Fsp3) is 0.538. The van der Waals surface area contributed by atoms with Crippen molar-refractivity contribution in [1.82, 2.24) is 4.90 Å². The van der Waals surface area contributed by atoms with Gasteiger partial charge in [-0.1, -0.05) is 39.7 Å². The topological polar surface area (TPSA) is 3.24 Å². The number of rotatable bonds is 4. The molecule has 1 aromatic rings. The van der Waals surface area contributed by atoms with Crippen molar-refractivity contribution >= 4 is 27.5 Å². The number of alkyl halides is 1. The van der Waals surface area contributed by atoms with Gasteiger partial charge in [0.05, 0.1) is 5.02 Å². The fourth-order valence-corrected chi connectivity index (χ4v) is 3.20. The molecule has 1 aliphatic rings. The van der Waals surface area contributed by atoms with Gasteiger partial charge in [-0.3, -0.25) is 4.90 Å². The van der Waals surface area contributed by atoms with E-state index in [-0.39, 0.29) is 10.8 Å². The van der Waals surface area contributed by atoms with Crippen LogP contribution in [-0.4, -0.2) is 23.3 Å². The highest BCUT2D eigenvalue weighted by atomic mass is 79.9. The van der Waals surface area contributed by atoms with Crippen LogP contribution in [0.15, 0.2) is 18.2 Å². The molecule has 1 nitrogen and oxygen atoms in total. The number of hydrogen-bond acceptors (Lipinski definition) is 1. The summed E-state index contributed by atoms with van der Waals surface area (Å²) in [6.07, 6.45) is 2.42. The largest absolute Gasteiger partial charge is 0.299 e. The molecular weight excluding hydrogens is 305 g/mol. The van der Waals surface area contributed by atoms with E-state index in [1.807, 2.05) is 12.1 Å². The lowest BCUT2D eigenvalue weighted by Crippen LogP contribution is -2.21. The summed E-state index contributed by atoms with van der Waals surface area (Å²) in [5.74, 6) is 0.481. The van der Waals surface area contributed by atoms with Crippen molar-refractivity contribution in [2.75, 3.05) is 18.4 Å². The summed E-state index contributed by atoms with van der Waals surface area (Å²) >= 11 is 9.25. The molecule has 0 bridgehead atoms. The summed E-state index contributed by atoms with van der Waals surface area (Å²) in [4.78, 5) is 2.31. The predicted molar refractivity (Wildman–Crippen MR) is 73.2 cm³/mol. The van der Waals surface area contributed by atoms with E-state index in [0.29, 0.717) is 12.1 Å². The Kier molecular flexibility index (Phi) is 4.83. The SMILES string of the molecule is Fc1c(Cl)cccc1CN1CCC(CCBr)C1. The molecule has 2 rings (SSSR count). The van der Waals surface area contributed by atoms with Crippen LogP contribution in [0.2, 0.25) is 5.02 Å². The lowest BCUT2D eigenvalue weighted by Gasteiger charge is -2.16. The van der Waals surface area contributed by atoms with Crippen molar-refractivity contribution in [2.24, 2.45) is 5.92 Å². The molecule has 1 fully saturated rings. The zero-order chi connectivity index (χ0) is 12.3. The molecule has 4 heteroatoms. The first kappa shape index (κ1) is 13.3. The van der Waals surface area contributed by atoms with Crippen LogP contribution in [0.4, 0.5) is 4.39 Å². The first-order valence-electron chi connectivity index (χ1n) is 5.92. The normalized spacial score (nSPS) is 21.0. The van der Waals surface area contributed by atoms with Gasteiger partial charge in [-0.2, -0.15) is 0 Å². The molecule has 1 aromatic carbocycles. The maximum Gasteiger partial charge on any atom is 0.146 e.